The van der Waals surface area contributed by atoms with Crippen LogP contribution in [0.2, 0.25) is 0 Å². The van der Waals surface area contributed by atoms with Gasteiger partial charge < -0.3 is 26.6 Å². The van der Waals surface area contributed by atoms with Crippen molar-refractivity contribution in [3.8, 4) is 46.2 Å². The number of aryl methyl sites for hydroxylation is 2. The Balaban J connectivity index is 0.000000176. The van der Waals surface area contributed by atoms with Crippen molar-refractivity contribution in [1.82, 2.24) is 59.3 Å². The monoisotopic (exact) mass is 966 g/mol. The van der Waals surface area contributed by atoms with Crippen molar-refractivity contribution in [1.29, 1.82) is 0 Å². The minimum absolute atomic E-state index is 0.0602. The molecule has 21 heteroatoms. The van der Waals surface area contributed by atoms with Crippen LogP contribution in [0.4, 0.5) is 22.6 Å². The Hall–Kier alpha value is -9.08. The summed E-state index contributed by atoms with van der Waals surface area (Å²) >= 11 is 1.42. The lowest BCUT2D eigenvalue weighted by atomic mass is 10.1. The van der Waals surface area contributed by atoms with Gasteiger partial charge in [-0.05, 0) is 94.3 Å². The number of hydrogen-bond acceptors (Lipinski definition) is 15. The molecule has 6 N–H and O–H groups in total. The third-order valence-corrected chi connectivity index (χ3v) is 12.8. The van der Waals surface area contributed by atoms with Crippen LogP contribution in [0.1, 0.15) is 69.9 Å². The van der Waals surface area contributed by atoms with E-state index in [-0.39, 0.29) is 35.7 Å². The van der Waals surface area contributed by atoms with Crippen molar-refractivity contribution in [3.63, 3.8) is 0 Å². The molecule has 2 atom stereocenters. The van der Waals surface area contributed by atoms with Gasteiger partial charge in [-0.25, -0.2) is 39.3 Å². The van der Waals surface area contributed by atoms with Crippen molar-refractivity contribution >= 4 is 79.6 Å². The number of fused-ring (bicyclic) bond motifs is 2. The van der Waals surface area contributed by atoms with Crippen molar-refractivity contribution in [3.05, 3.63) is 107 Å². The average molecular weight is 967 g/mol. The van der Waals surface area contributed by atoms with Gasteiger partial charge in [0.1, 0.15) is 41.5 Å². The number of likely N-dealkylation sites (tertiary alicyclic amines) is 2. The number of nitrogens with one attached hydrogen (secondary N) is 2. The van der Waals surface area contributed by atoms with Gasteiger partial charge in [0.05, 0.1) is 22.9 Å². The van der Waals surface area contributed by atoms with Gasteiger partial charge in [-0.1, -0.05) is 36.1 Å². The summed E-state index contributed by atoms with van der Waals surface area (Å²) in [6, 6.07) is 17.7. The van der Waals surface area contributed by atoms with Crippen molar-refractivity contribution in [2.24, 2.45) is 0 Å². The third kappa shape index (κ3) is 9.93. The van der Waals surface area contributed by atoms with Gasteiger partial charge in [0.15, 0.2) is 16.4 Å². The number of carbonyl (C=O) groups excluding carboxylic acids is 4. The molecular weight excluding hydrogens is 921 g/mol. The third-order valence-electron chi connectivity index (χ3n) is 11.9. The van der Waals surface area contributed by atoms with Crippen LogP contribution >= 0.6 is 11.3 Å². The van der Waals surface area contributed by atoms with E-state index in [1.165, 1.54) is 24.0 Å². The summed E-state index contributed by atoms with van der Waals surface area (Å²) < 4.78 is 3.64. The lowest BCUT2D eigenvalue weighted by Gasteiger charge is -2.14. The van der Waals surface area contributed by atoms with Gasteiger partial charge in [0.2, 0.25) is 0 Å². The fourth-order valence-electron chi connectivity index (χ4n) is 8.46. The zero-order chi connectivity index (χ0) is 49.8. The number of nitrogens with zero attached hydrogens (tertiary/aromatic N) is 12. The smallest absolute Gasteiger partial charge is 0.298 e. The van der Waals surface area contributed by atoms with E-state index in [2.05, 4.69) is 64.2 Å². The first-order valence-corrected chi connectivity index (χ1v) is 23.3. The molecule has 0 aliphatic carbocycles. The van der Waals surface area contributed by atoms with E-state index in [9.17, 15) is 19.2 Å². The minimum atomic E-state index is -0.260. The van der Waals surface area contributed by atoms with Crippen LogP contribution in [0.15, 0.2) is 85.7 Å². The summed E-state index contributed by atoms with van der Waals surface area (Å²) in [6.07, 6.45) is 7.64. The van der Waals surface area contributed by atoms with Gasteiger partial charge in [0, 0.05) is 65.7 Å². The molecule has 2 saturated heterocycles. The highest BCUT2D eigenvalue weighted by Crippen LogP contribution is 2.36. The van der Waals surface area contributed by atoms with Crippen LogP contribution in [-0.4, -0.2) is 109 Å². The molecule has 10 rings (SSSR count). The van der Waals surface area contributed by atoms with Crippen LogP contribution in [0, 0.1) is 37.5 Å². The summed E-state index contributed by atoms with van der Waals surface area (Å²) in [4.78, 5) is 79.7. The molecule has 8 aromatic rings. The standard InChI is InChI=1S/C26H24N8O2.C24H22N8O2S/c1-3-4-21(35)33-12-10-19(14-33)34-25-22(24(27)29-15-30-25)23(32-34)17-5-7-18(8-6-17)26(36)31-20-13-16(2)9-11-28-20;1-3-4-18(33)31-10-9-17(12-31)32-22-19(21(25)27-13-28-22)20(30-32)15-5-7-16(8-6-15)23(34)29-24-26-11-14(2)35-24/h5-9,11,13,15,19H,10,12,14H2,1-2H3,(H2,27,29,30)(H,28,31,36);5-8,11,13,17H,9-10,12H2,1-2H3,(H2,25,27,28)(H,26,29,34). The molecule has 0 saturated carbocycles. The highest BCUT2D eigenvalue weighted by Gasteiger charge is 2.32. The molecule has 2 aliphatic heterocycles. The van der Waals surface area contributed by atoms with E-state index in [0.717, 1.165) is 34.4 Å². The lowest BCUT2D eigenvalue weighted by Crippen LogP contribution is -2.28. The van der Waals surface area contributed by atoms with Crippen molar-refractivity contribution in [2.75, 3.05) is 48.3 Å². The molecule has 356 valence electrons. The summed E-state index contributed by atoms with van der Waals surface area (Å²) in [7, 11) is 0. The number of hydrogen-bond donors (Lipinski definition) is 4. The average Bonchev–Trinajstić information content (AvgIpc) is 4.23. The summed E-state index contributed by atoms with van der Waals surface area (Å²) in [6.45, 7) is 9.32. The Morgan fingerprint density at radius 1 is 0.648 bits per heavy atom. The predicted molar refractivity (Wildman–Crippen MR) is 269 cm³/mol. The van der Waals surface area contributed by atoms with E-state index in [0.29, 0.717) is 93.3 Å². The first-order valence-electron chi connectivity index (χ1n) is 22.5. The van der Waals surface area contributed by atoms with Crippen LogP contribution < -0.4 is 22.1 Å². The maximum absolute atomic E-state index is 12.7. The maximum atomic E-state index is 12.7. The molecule has 8 heterocycles. The zero-order valence-corrected chi connectivity index (χ0v) is 39.9. The number of thiazole rings is 1. The molecule has 2 aliphatic rings. The molecule has 0 bridgehead atoms. The van der Waals surface area contributed by atoms with Crippen molar-refractivity contribution in [2.45, 2.75) is 52.6 Å². The highest BCUT2D eigenvalue weighted by molar-refractivity contribution is 7.15. The number of carbonyl (C=O) groups is 4. The minimum Gasteiger partial charge on any atom is -0.383 e. The number of rotatable bonds is 8. The fraction of sp³-hybridized carbons (Fsp3) is 0.240. The lowest BCUT2D eigenvalue weighted by molar-refractivity contribution is -0.125. The molecule has 6 aromatic heterocycles. The molecule has 4 amide bonds. The second-order valence-corrected chi connectivity index (χ2v) is 17.9. The summed E-state index contributed by atoms with van der Waals surface area (Å²) in [5.74, 6) is 10.7. The van der Waals surface area contributed by atoms with Gasteiger partial charge in [0.25, 0.3) is 23.6 Å². The molecule has 0 spiro atoms. The van der Waals surface area contributed by atoms with Crippen LogP contribution in [0.25, 0.3) is 44.6 Å². The van der Waals surface area contributed by atoms with Gasteiger partial charge in [-0.15, -0.1) is 11.3 Å². The molecule has 2 aromatic carbocycles. The van der Waals surface area contributed by atoms with Gasteiger partial charge in [-0.2, -0.15) is 10.2 Å². The van der Waals surface area contributed by atoms with E-state index < -0.39 is 0 Å². The Kier molecular flexibility index (Phi) is 13.4. The Morgan fingerprint density at radius 2 is 1.14 bits per heavy atom. The van der Waals surface area contributed by atoms with Crippen LogP contribution in [-0.2, 0) is 9.59 Å². The summed E-state index contributed by atoms with van der Waals surface area (Å²) in [5.41, 5.74) is 18.5. The second-order valence-electron chi connectivity index (χ2n) is 16.7. The first kappa shape index (κ1) is 47.0. The molecule has 2 unspecified atom stereocenters. The first-order chi connectivity index (χ1) is 34.4. The topological polar surface area (TPSA) is 264 Å². The number of amides is 4. The molecular formula is C50H46N16O4S. The Bertz CT molecular complexity index is 3490. The van der Waals surface area contributed by atoms with E-state index in [1.807, 2.05) is 53.5 Å². The molecule has 0 radical (unpaired) electrons. The van der Waals surface area contributed by atoms with Gasteiger partial charge in [-0.3, -0.25) is 24.5 Å². The Morgan fingerprint density at radius 3 is 1.59 bits per heavy atom. The maximum Gasteiger partial charge on any atom is 0.298 e. The Labute approximate surface area is 410 Å². The predicted octanol–water partition coefficient (Wildman–Crippen LogP) is 5.72. The van der Waals surface area contributed by atoms with E-state index in [4.69, 9.17) is 21.7 Å². The largest absolute Gasteiger partial charge is 0.383 e. The van der Waals surface area contributed by atoms with E-state index in [1.54, 1.807) is 66.4 Å². The van der Waals surface area contributed by atoms with Crippen LogP contribution in [0.3, 0.4) is 0 Å². The SMILES string of the molecule is CC#CC(=O)N1CCC(n2nc(-c3ccc(C(=O)Nc4cc(C)ccn4)cc3)c3c(N)ncnc32)C1.CC#CC(=O)N1CCC(n2nc(-c3ccc(C(=O)Nc4ncc(C)s4)cc3)c3c(N)ncnc32)C1. The zero-order valence-electron chi connectivity index (χ0n) is 39.0. The molecule has 20 nitrogen and oxygen atoms in total. The fourth-order valence-corrected chi connectivity index (χ4v) is 9.12. The number of benzene rings is 2. The number of pyridine rings is 1. The normalized spacial score (nSPS) is 15.0. The molecule has 71 heavy (non-hydrogen) atoms. The van der Waals surface area contributed by atoms with Crippen LogP contribution in [0.5, 0.6) is 0 Å². The second kappa shape index (κ2) is 20.3. The number of nitrogen functional groups attached to an aromatic ring is 2. The molecule has 2 fully saturated rings. The number of nitrogens with two attached hydrogens (primary N) is 2. The number of anilines is 4. The highest BCUT2D eigenvalue weighted by atomic mass is 32.1. The van der Waals surface area contributed by atoms with Crippen molar-refractivity contribution < 1.29 is 19.2 Å². The van der Waals surface area contributed by atoms with Gasteiger partial charge >= 0.3 is 0 Å². The summed E-state index contributed by atoms with van der Waals surface area (Å²) in [5, 5.41) is 17.1. The number of aromatic nitrogens is 10. The van der Waals surface area contributed by atoms with E-state index >= 15 is 0 Å². The quantitative estimate of drug-likeness (QED) is 0.133.